The Morgan fingerprint density at radius 1 is 0.852 bits per heavy atom. The minimum atomic E-state index is -0.941. The Kier molecular flexibility index (Phi) is 4.58. The van der Waals surface area contributed by atoms with Crippen molar-refractivity contribution in [1.82, 2.24) is 4.57 Å². The average Bonchev–Trinajstić information content (AvgIpc) is 3.05. The molecule has 0 aliphatic heterocycles. The van der Waals surface area contributed by atoms with Crippen molar-refractivity contribution in [2.75, 3.05) is 0 Å². The number of para-hydroxylation sites is 1. The first kappa shape index (κ1) is 16.9. The standard InChI is InChI=1S/C24H19NO2/c26-24(27)15-14-21-17-25(23-9-5-4-8-22(21)23)16-18-10-12-20(13-11-18)19-6-2-1-3-7-19/h1-15,17H,16H2,(H,26,27)/b15-14+. The van der Waals surface area contributed by atoms with Crippen LogP contribution in [0.15, 0.2) is 91.1 Å². The maximum absolute atomic E-state index is 10.9. The largest absolute Gasteiger partial charge is 0.478 e. The minimum Gasteiger partial charge on any atom is -0.478 e. The molecule has 0 spiro atoms. The highest BCUT2D eigenvalue weighted by atomic mass is 16.4. The third-order valence-electron chi connectivity index (χ3n) is 4.64. The van der Waals surface area contributed by atoms with Crippen LogP contribution in [-0.2, 0) is 11.3 Å². The van der Waals surface area contributed by atoms with Gasteiger partial charge in [0.25, 0.3) is 0 Å². The number of hydrogen-bond donors (Lipinski definition) is 1. The van der Waals surface area contributed by atoms with E-state index in [-0.39, 0.29) is 0 Å². The van der Waals surface area contributed by atoms with E-state index in [1.165, 1.54) is 22.8 Å². The van der Waals surface area contributed by atoms with E-state index < -0.39 is 5.97 Å². The Morgan fingerprint density at radius 2 is 1.52 bits per heavy atom. The molecule has 27 heavy (non-hydrogen) atoms. The zero-order chi connectivity index (χ0) is 18.6. The molecule has 0 aliphatic rings. The molecular formula is C24H19NO2. The Morgan fingerprint density at radius 3 is 2.26 bits per heavy atom. The molecule has 1 aromatic heterocycles. The zero-order valence-electron chi connectivity index (χ0n) is 14.7. The first-order valence-electron chi connectivity index (χ1n) is 8.84. The van der Waals surface area contributed by atoms with Crippen molar-refractivity contribution in [3.05, 3.63) is 102 Å². The van der Waals surface area contributed by atoms with Crippen LogP contribution in [0.25, 0.3) is 28.1 Å². The molecule has 0 radical (unpaired) electrons. The van der Waals surface area contributed by atoms with E-state index in [1.54, 1.807) is 6.08 Å². The lowest BCUT2D eigenvalue weighted by molar-refractivity contribution is -0.131. The average molecular weight is 353 g/mol. The predicted octanol–water partition coefficient (Wildman–Crippen LogP) is 5.45. The van der Waals surface area contributed by atoms with Gasteiger partial charge < -0.3 is 9.67 Å². The van der Waals surface area contributed by atoms with Gasteiger partial charge in [-0.05, 0) is 28.8 Å². The summed E-state index contributed by atoms with van der Waals surface area (Å²) in [6.07, 6.45) is 4.84. The quantitative estimate of drug-likeness (QED) is 0.485. The third kappa shape index (κ3) is 3.67. The van der Waals surface area contributed by atoms with Crippen molar-refractivity contribution in [3.8, 4) is 11.1 Å². The van der Waals surface area contributed by atoms with Crippen molar-refractivity contribution in [2.24, 2.45) is 0 Å². The molecular weight excluding hydrogens is 334 g/mol. The highest BCUT2D eigenvalue weighted by Gasteiger charge is 2.07. The molecule has 0 amide bonds. The summed E-state index contributed by atoms with van der Waals surface area (Å²) in [5.41, 5.74) is 5.60. The van der Waals surface area contributed by atoms with Crippen molar-refractivity contribution < 1.29 is 9.90 Å². The topological polar surface area (TPSA) is 42.2 Å². The summed E-state index contributed by atoms with van der Waals surface area (Å²) in [4.78, 5) is 10.9. The molecule has 0 saturated carbocycles. The Bertz CT molecular complexity index is 1110. The molecule has 1 N–H and O–H groups in total. The summed E-state index contributed by atoms with van der Waals surface area (Å²) in [5.74, 6) is -0.941. The number of fused-ring (bicyclic) bond motifs is 1. The van der Waals surface area contributed by atoms with Crippen molar-refractivity contribution in [1.29, 1.82) is 0 Å². The van der Waals surface area contributed by atoms with Gasteiger partial charge in [0.05, 0.1) is 0 Å². The van der Waals surface area contributed by atoms with Crippen LogP contribution in [0.3, 0.4) is 0 Å². The third-order valence-corrected chi connectivity index (χ3v) is 4.64. The SMILES string of the molecule is O=C(O)/C=C/c1cn(Cc2ccc(-c3ccccc3)cc2)c2ccccc12. The number of aliphatic carboxylic acids is 1. The number of carbonyl (C=O) groups is 1. The van der Waals surface area contributed by atoms with E-state index in [0.29, 0.717) is 0 Å². The van der Waals surface area contributed by atoms with Gasteiger partial charge in [-0.25, -0.2) is 4.79 Å². The number of aromatic nitrogens is 1. The lowest BCUT2D eigenvalue weighted by Crippen LogP contribution is -1.97. The van der Waals surface area contributed by atoms with Crippen LogP contribution in [0.1, 0.15) is 11.1 Å². The van der Waals surface area contributed by atoms with Crippen molar-refractivity contribution in [2.45, 2.75) is 6.54 Å². The fraction of sp³-hybridized carbons (Fsp3) is 0.0417. The van der Waals surface area contributed by atoms with Gasteiger partial charge in [-0.3, -0.25) is 0 Å². The molecule has 0 aliphatic carbocycles. The normalized spacial score (nSPS) is 11.3. The second-order valence-electron chi connectivity index (χ2n) is 6.46. The van der Waals surface area contributed by atoms with E-state index >= 15 is 0 Å². The molecule has 4 aromatic rings. The van der Waals surface area contributed by atoms with E-state index in [9.17, 15) is 4.79 Å². The molecule has 3 aromatic carbocycles. The summed E-state index contributed by atoms with van der Waals surface area (Å²) < 4.78 is 2.16. The minimum absolute atomic E-state index is 0.733. The molecule has 132 valence electrons. The number of nitrogens with zero attached hydrogens (tertiary/aromatic N) is 1. The number of benzene rings is 3. The van der Waals surface area contributed by atoms with Gasteiger partial charge in [0.2, 0.25) is 0 Å². The first-order chi connectivity index (χ1) is 13.2. The first-order valence-corrected chi connectivity index (χ1v) is 8.84. The molecule has 3 heteroatoms. The van der Waals surface area contributed by atoms with Gasteiger partial charge in [-0.15, -0.1) is 0 Å². The van der Waals surface area contributed by atoms with E-state index in [0.717, 1.165) is 23.0 Å². The van der Waals surface area contributed by atoms with Gasteiger partial charge in [-0.2, -0.15) is 0 Å². The molecule has 0 unspecified atom stereocenters. The number of carboxylic acid groups (broad SMARTS) is 1. The molecule has 4 rings (SSSR count). The highest BCUT2D eigenvalue weighted by molar-refractivity contribution is 5.93. The van der Waals surface area contributed by atoms with Crippen molar-refractivity contribution >= 4 is 22.9 Å². The fourth-order valence-electron chi connectivity index (χ4n) is 3.33. The number of carboxylic acids is 1. The molecule has 3 nitrogen and oxygen atoms in total. The van der Waals surface area contributed by atoms with Gasteiger partial charge in [0, 0.05) is 35.3 Å². The van der Waals surface area contributed by atoms with Crippen LogP contribution in [-0.4, -0.2) is 15.6 Å². The number of hydrogen-bond acceptors (Lipinski definition) is 1. The fourth-order valence-corrected chi connectivity index (χ4v) is 3.33. The Balaban J connectivity index is 1.64. The summed E-state index contributed by atoms with van der Waals surface area (Å²) in [5, 5.41) is 9.97. The lowest BCUT2D eigenvalue weighted by Gasteiger charge is -2.07. The van der Waals surface area contributed by atoms with Crippen LogP contribution in [0.4, 0.5) is 0 Å². The van der Waals surface area contributed by atoms with Crippen LogP contribution in [0, 0.1) is 0 Å². The van der Waals surface area contributed by atoms with Gasteiger partial charge in [0.15, 0.2) is 0 Å². The van der Waals surface area contributed by atoms with E-state index in [2.05, 4.69) is 47.0 Å². The van der Waals surface area contributed by atoms with Crippen LogP contribution in [0.5, 0.6) is 0 Å². The Labute approximate surface area is 157 Å². The predicted molar refractivity (Wildman–Crippen MR) is 110 cm³/mol. The molecule has 0 bridgehead atoms. The molecule has 0 saturated heterocycles. The van der Waals surface area contributed by atoms with Gasteiger partial charge in [0.1, 0.15) is 0 Å². The summed E-state index contributed by atoms with van der Waals surface area (Å²) >= 11 is 0. The molecule has 0 fully saturated rings. The number of rotatable bonds is 5. The van der Waals surface area contributed by atoms with Crippen molar-refractivity contribution in [3.63, 3.8) is 0 Å². The van der Waals surface area contributed by atoms with Crippen LogP contribution >= 0.6 is 0 Å². The molecule has 0 atom stereocenters. The maximum atomic E-state index is 10.9. The smallest absolute Gasteiger partial charge is 0.328 e. The van der Waals surface area contributed by atoms with E-state index in [1.807, 2.05) is 42.6 Å². The maximum Gasteiger partial charge on any atom is 0.328 e. The van der Waals surface area contributed by atoms with Gasteiger partial charge >= 0.3 is 5.97 Å². The summed E-state index contributed by atoms with van der Waals surface area (Å²) in [7, 11) is 0. The van der Waals surface area contributed by atoms with Crippen LogP contribution < -0.4 is 0 Å². The summed E-state index contributed by atoms with van der Waals surface area (Å²) in [6, 6.07) is 26.9. The van der Waals surface area contributed by atoms with Gasteiger partial charge in [-0.1, -0.05) is 72.8 Å². The second kappa shape index (κ2) is 7.34. The van der Waals surface area contributed by atoms with E-state index in [4.69, 9.17) is 5.11 Å². The lowest BCUT2D eigenvalue weighted by atomic mass is 10.0. The molecule has 1 heterocycles. The van der Waals surface area contributed by atoms with Crippen LogP contribution in [0.2, 0.25) is 0 Å². The monoisotopic (exact) mass is 353 g/mol. The highest BCUT2D eigenvalue weighted by Crippen LogP contribution is 2.25. The zero-order valence-corrected chi connectivity index (χ0v) is 14.7. The summed E-state index contributed by atoms with van der Waals surface area (Å²) in [6.45, 7) is 0.733. The second-order valence-corrected chi connectivity index (χ2v) is 6.46. The Hall–Kier alpha value is -3.59.